The van der Waals surface area contributed by atoms with Crippen LogP contribution < -0.4 is 4.74 Å². The quantitative estimate of drug-likeness (QED) is 0.634. The number of amides is 1. The molecule has 0 unspecified atom stereocenters. The van der Waals surface area contributed by atoms with Crippen molar-refractivity contribution in [3.05, 3.63) is 71.9 Å². The van der Waals surface area contributed by atoms with E-state index in [0.29, 0.717) is 30.1 Å². The molecule has 0 fully saturated rings. The fourth-order valence-electron chi connectivity index (χ4n) is 2.84. The number of hydrogen-bond donors (Lipinski definition) is 0. The van der Waals surface area contributed by atoms with Crippen molar-refractivity contribution in [2.75, 3.05) is 13.7 Å². The van der Waals surface area contributed by atoms with Crippen LogP contribution in [-0.4, -0.2) is 29.6 Å². The lowest BCUT2D eigenvalue weighted by molar-refractivity contribution is 0.0739. The summed E-state index contributed by atoms with van der Waals surface area (Å²) in [5.74, 6) is 1.34. The minimum absolute atomic E-state index is 0.00529. The van der Waals surface area contributed by atoms with Crippen molar-refractivity contribution >= 4 is 5.91 Å². The largest absolute Gasteiger partial charge is 0.496 e. The van der Waals surface area contributed by atoms with E-state index in [1.165, 1.54) is 0 Å². The molecule has 3 aromatic rings. The van der Waals surface area contributed by atoms with Gasteiger partial charge in [0.05, 0.1) is 19.2 Å². The molecule has 0 aliphatic heterocycles. The molecule has 0 radical (unpaired) electrons. The second kappa shape index (κ2) is 8.34. The van der Waals surface area contributed by atoms with E-state index in [4.69, 9.17) is 9.26 Å². The van der Waals surface area contributed by atoms with Gasteiger partial charge in [-0.3, -0.25) is 4.79 Å². The summed E-state index contributed by atoms with van der Waals surface area (Å²) in [6.07, 6.45) is 0.871. The van der Waals surface area contributed by atoms with Crippen LogP contribution in [0.5, 0.6) is 5.75 Å². The number of methoxy groups -OCH3 is 1. The van der Waals surface area contributed by atoms with Crippen LogP contribution in [0.3, 0.4) is 0 Å². The second-order valence-corrected chi connectivity index (χ2v) is 5.98. The summed E-state index contributed by atoms with van der Waals surface area (Å²) in [5.41, 5.74) is 2.23. The number of carbonyl (C=O) groups is 1. The summed E-state index contributed by atoms with van der Waals surface area (Å²) in [4.78, 5) is 14.6. The predicted molar refractivity (Wildman–Crippen MR) is 100.0 cm³/mol. The number of nitrogens with zero attached hydrogens (tertiary/aromatic N) is 2. The Balaban J connectivity index is 1.80. The van der Waals surface area contributed by atoms with E-state index in [0.717, 1.165) is 17.7 Å². The average molecular weight is 350 g/mol. The number of rotatable bonds is 7. The Kier molecular flexibility index (Phi) is 5.69. The van der Waals surface area contributed by atoms with Crippen LogP contribution in [0.25, 0.3) is 11.3 Å². The van der Waals surface area contributed by atoms with Crippen molar-refractivity contribution < 1.29 is 14.1 Å². The average Bonchev–Trinajstić information content (AvgIpc) is 3.16. The molecule has 1 aromatic heterocycles. The fraction of sp³-hybridized carbons (Fsp3) is 0.238. The van der Waals surface area contributed by atoms with Crippen molar-refractivity contribution in [2.24, 2.45) is 0 Å². The SMILES string of the molecule is CCCN(Cc1cc(-c2ccccc2OC)on1)C(=O)c1ccccc1. The topological polar surface area (TPSA) is 55.6 Å². The van der Waals surface area contributed by atoms with E-state index in [1.807, 2.05) is 67.6 Å². The maximum absolute atomic E-state index is 12.8. The highest BCUT2D eigenvalue weighted by atomic mass is 16.5. The Hall–Kier alpha value is -3.08. The van der Waals surface area contributed by atoms with Gasteiger partial charge in [0.15, 0.2) is 5.76 Å². The first-order valence-corrected chi connectivity index (χ1v) is 8.66. The van der Waals surface area contributed by atoms with Gasteiger partial charge in [-0.15, -0.1) is 0 Å². The van der Waals surface area contributed by atoms with Crippen LogP contribution in [0, 0.1) is 0 Å². The van der Waals surface area contributed by atoms with Gasteiger partial charge >= 0.3 is 0 Å². The first-order chi connectivity index (χ1) is 12.7. The first-order valence-electron chi connectivity index (χ1n) is 8.66. The molecule has 0 atom stereocenters. The highest BCUT2D eigenvalue weighted by molar-refractivity contribution is 5.94. The van der Waals surface area contributed by atoms with Gasteiger partial charge in [0, 0.05) is 18.2 Å². The Morgan fingerprint density at radius 1 is 1.12 bits per heavy atom. The number of carbonyl (C=O) groups excluding carboxylic acids is 1. The van der Waals surface area contributed by atoms with E-state index >= 15 is 0 Å². The Labute approximate surface area is 153 Å². The Morgan fingerprint density at radius 3 is 2.58 bits per heavy atom. The molecule has 0 saturated carbocycles. The van der Waals surface area contributed by atoms with E-state index in [1.54, 1.807) is 12.0 Å². The van der Waals surface area contributed by atoms with Crippen LogP contribution in [-0.2, 0) is 6.54 Å². The fourth-order valence-corrected chi connectivity index (χ4v) is 2.84. The molecule has 0 spiro atoms. The Morgan fingerprint density at radius 2 is 1.85 bits per heavy atom. The lowest BCUT2D eigenvalue weighted by atomic mass is 10.1. The molecule has 5 nitrogen and oxygen atoms in total. The van der Waals surface area contributed by atoms with Gasteiger partial charge in [0.25, 0.3) is 5.91 Å². The second-order valence-electron chi connectivity index (χ2n) is 5.98. The van der Waals surface area contributed by atoms with Crippen molar-refractivity contribution in [2.45, 2.75) is 19.9 Å². The van der Waals surface area contributed by atoms with Gasteiger partial charge in [-0.2, -0.15) is 0 Å². The maximum atomic E-state index is 12.8. The lowest BCUT2D eigenvalue weighted by Crippen LogP contribution is -2.31. The molecule has 1 amide bonds. The summed E-state index contributed by atoms with van der Waals surface area (Å²) in [5, 5.41) is 4.14. The maximum Gasteiger partial charge on any atom is 0.254 e. The molecule has 2 aromatic carbocycles. The van der Waals surface area contributed by atoms with Crippen molar-refractivity contribution in [3.8, 4) is 17.1 Å². The molecule has 0 aliphatic carbocycles. The minimum Gasteiger partial charge on any atom is -0.496 e. The van der Waals surface area contributed by atoms with Crippen LogP contribution in [0.4, 0.5) is 0 Å². The van der Waals surface area contributed by atoms with Gasteiger partial charge in [-0.25, -0.2) is 0 Å². The summed E-state index contributed by atoms with van der Waals surface area (Å²) in [6.45, 7) is 3.11. The van der Waals surface area contributed by atoms with Crippen LogP contribution >= 0.6 is 0 Å². The monoisotopic (exact) mass is 350 g/mol. The summed E-state index contributed by atoms with van der Waals surface area (Å²) >= 11 is 0. The van der Waals surface area contributed by atoms with E-state index in [-0.39, 0.29) is 5.91 Å². The number of benzene rings is 2. The Bertz CT molecular complexity index is 858. The standard InChI is InChI=1S/C21H22N2O3/c1-3-13-23(21(24)16-9-5-4-6-10-16)15-17-14-20(26-22-17)18-11-7-8-12-19(18)25-2/h4-12,14H,3,13,15H2,1-2H3. The number of hydrogen-bond acceptors (Lipinski definition) is 4. The lowest BCUT2D eigenvalue weighted by Gasteiger charge is -2.20. The zero-order valence-corrected chi connectivity index (χ0v) is 15.0. The highest BCUT2D eigenvalue weighted by Crippen LogP contribution is 2.30. The third-order valence-corrected chi connectivity index (χ3v) is 4.09. The van der Waals surface area contributed by atoms with Crippen LogP contribution in [0.1, 0.15) is 29.4 Å². The molecule has 1 heterocycles. The molecule has 5 heteroatoms. The molecular formula is C21H22N2O3. The smallest absolute Gasteiger partial charge is 0.254 e. The summed E-state index contributed by atoms with van der Waals surface area (Å²) in [6, 6.07) is 18.8. The van der Waals surface area contributed by atoms with Gasteiger partial charge in [0.2, 0.25) is 0 Å². The molecule has 26 heavy (non-hydrogen) atoms. The van der Waals surface area contributed by atoms with Gasteiger partial charge in [-0.05, 0) is 30.7 Å². The molecule has 134 valence electrons. The van der Waals surface area contributed by atoms with Crippen molar-refractivity contribution in [1.29, 1.82) is 0 Å². The van der Waals surface area contributed by atoms with E-state index in [9.17, 15) is 4.79 Å². The normalized spacial score (nSPS) is 10.5. The molecule has 0 N–H and O–H groups in total. The summed E-state index contributed by atoms with van der Waals surface area (Å²) in [7, 11) is 1.62. The van der Waals surface area contributed by atoms with Gasteiger partial charge in [0.1, 0.15) is 11.4 Å². The third kappa shape index (κ3) is 3.94. The van der Waals surface area contributed by atoms with Crippen molar-refractivity contribution in [3.63, 3.8) is 0 Å². The van der Waals surface area contributed by atoms with Crippen molar-refractivity contribution in [1.82, 2.24) is 10.1 Å². The zero-order chi connectivity index (χ0) is 18.4. The summed E-state index contributed by atoms with van der Waals surface area (Å²) < 4.78 is 10.9. The number of aromatic nitrogens is 1. The number of para-hydroxylation sites is 1. The molecule has 0 saturated heterocycles. The predicted octanol–water partition coefficient (Wildman–Crippen LogP) is 4.40. The van der Waals surface area contributed by atoms with E-state index in [2.05, 4.69) is 5.16 Å². The zero-order valence-electron chi connectivity index (χ0n) is 15.0. The number of ether oxygens (including phenoxy) is 1. The molecule has 0 aliphatic rings. The van der Waals surface area contributed by atoms with Gasteiger partial charge in [-0.1, -0.05) is 42.4 Å². The third-order valence-electron chi connectivity index (χ3n) is 4.09. The molecule has 3 rings (SSSR count). The first kappa shape index (κ1) is 17.7. The minimum atomic E-state index is -0.00529. The van der Waals surface area contributed by atoms with Crippen LogP contribution in [0.15, 0.2) is 65.2 Å². The van der Waals surface area contributed by atoms with E-state index < -0.39 is 0 Å². The van der Waals surface area contributed by atoms with Crippen LogP contribution in [0.2, 0.25) is 0 Å². The van der Waals surface area contributed by atoms with Gasteiger partial charge < -0.3 is 14.2 Å². The molecular weight excluding hydrogens is 328 g/mol. The molecule has 0 bridgehead atoms. The highest BCUT2D eigenvalue weighted by Gasteiger charge is 2.18.